The Kier molecular flexibility index (Phi) is 10.8. The fourth-order valence-electron chi connectivity index (χ4n) is 5.57. The molecule has 168 valence electrons. The van der Waals surface area contributed by atoms with Gasteiger partial charge in [-0.3, -0.25) is 5.41 Å². The van der Waals surface area contributed by atoms with Gasteiger partial charge in [-0.2, -0.15) is 4.99 Å². The molecule has 6 N–H and O–H groups in total. The minimum atomic E-state index is -0.0892. The molecular weight excluding hydrogens is 360 g/mol. The monoisotopic (exact) mass is 406 g/mol. The maximum Gasteiger partial charge on any atom is 0.220 e. The Balaban J connectivity index is 0.000000284. The van der Waals surface area contributed by atoms with Gasteiger partial charge in [0.1, 0.15) is 0 Å². The summed E-state index contributed by atoms with van der Waals surface area (Å²) in [6.45, 7) is 1.28. The smallest absolute Gasteiger partial charge is 0.220 e. The number of nitrogens with zero attached hydrogens (tertiary/aromatic N) is 2. The second kappa shape index (κ2) is 13.1. The highest BCUT2D eigenvalue weighted by atomic mass is 15.2. The van der Waals surface area contributed by atoms with Gasteiger partial charge < -0.3 is 21.7 Å². The zero-order valence-electron chi connectivity index (χ0n) is 19.0. The summed E-state index contributed by atoms with van der Waals surface area (Å²) in [7, 11) is 3.38. The Bertz CT molecular complexity index is 464. The second-order valence-corrected chi connectivity index (χ2v) is 9.60. The van der Waals surface area contributed by atoms with E-state index in [0.717, 1.165) is 23.8 Å². The van der Waals surface area contributed by atoms with Crippen LogP contribution in [0.15, 0.2) is 4.99 Å². The number of nitrogens with two attached hydrogens (primary N) is 2. The SMILES string of the molecule is C1CCC(C(CC2CCCCN2)C2CCCCC2)CC1.CN(C)C(=N)N=C(N)N. The van der Waals surface area contributed by atoms with Crippen LogP contribution in [0.4, 0.5) is 0 Å². The fraction of sp³-hybridized carbons (Fsp3) is 0.913. The van der Waals surface area contributed by atoms with Crippen LogP contribution in [0.2, 0.25) is 0 Å². The van der Waals surface area contributed by atoms with Crippen LogP contribution in [0.3, 0.4) is 0 Å². The van der Waals surface area contributed by atoms with Gasteiger partial charge in [-0.15, -0.1) is 0 Å². The van der Waals surface area contributed by atoms with E-state index in [4.69, 9.17) is 16.9 Å². The van der Waals surface area contributed by atoms with Gasteiger partial charge in [0.25, 0.3) is 0 Å². The average molecular weight is 407 g/mol. The largest absolute Gasteiger partial charge is 0.370 e. The van der Waals surface area contributed by atoms with E-state index < -0.39 is 0 Å². The minimum absolute atomic E-state index is 0.0509. The number of piperidine rings is 1. The van der Waals surface area contributed by atoms with Gasteiger partial charge in [0.15, 0.2) is 5.96 Å². The molecule has 1 aliphatic heterocycles. The Labute approximate surface area is 178 Å². The molecule has 1 unspecified atom stereocenters. The summed E-state index contributed by atoms with van der Waals surface area (Å²) in [5, 5.41) is 10.9. The molecule has 0 radical (unpaired) electrons. The van der Waals surface area contributed by atoms with Gasteiger partial charge in [-0.1, -0.05) is 70.6 Å². The molecule has 0 bridgehead atoms. The second-order valence-electron chi connectivity index (χ2n) is 9.60. The summed E-state index contributed by atoms with van der Waals surface area (Å²) < 4.78 is 0. The Hall–Kier alpha value is -1.30. The molecule has 0 spiro atoms. The minimum Gasteiger partial charge on any atom is -0.370 e. The highest BCUT2D eigenvalue weighted by Gasteiger charge is 2.33. The van der Waals surface area contributed by atoms with E-state index in [1.54, 1.807) is 39.8 Å². The number of aliphatic imine (C=N–C) groups is 1. The topological polar surface area (TPSA) is 104 Å². The third-order valence-corrected chi connectivity index (χ3v) is 7.14. The molecule has 2 aliphatic carbocycles. The highest BCUT2D eigenvalue weighted by molar-refractivity contribution is 5.91. The van der Waals surface area contributed by atoms with E-state index in [9.17, 15) is 0 Å². The molecule has 1 heterocycles. The number of guanidine groups is 2. The summed E-state index contributed by atoms with van der Waals surface area (Å²) in [6.07, 6.45) is 21.1. The molecule has 6 nitrogen and oxygen atoms in total. The molecule has 0 amide bonds. The predicted octanol–water partition coefficient (Wildman–Crippen LogP) is 4.05. The quantitative estimate of drug-likeness (QED) is 0.417. The van der Waals surface area contributed by atoms with Gasteiger partial charge in [-0.25, -0.2) is 0 Å². The van der Waals surface area contributed by atoms with Crippen LogP contribution in [0.5, 0.6) is 0 Å². The summed E-state index contributed by atoms with van der Waals surface area (Å²) in [6, 6.07) is 0.859. The molecule has 3 rings (SSSR count). The van der Waals surface area contributed by atoms with Crippen LogP contribution >= 0.6 is 0 Å². The van der Waals surface area contributed by atoms with E-state index in [2.05, 4.69) is 10.3 Å². The summed E-state index contributed by atoms with van der Waals surface area (Å²) in [5.41, 5.74) is 9.98. The molecule has 1 atom stereocenters. The van der Waals surface area contributed by atoms with Crippen molar-refractivity contribution in [1.29, 1.82) is 5.41 Å². The number of hydrogen-bond donors (Lipinski definition) is 4. The Morgan fingerprint density at radius 3 is 1.79 bits per heavy atom. The van der Waals surface area contributed by atoms with Crippen LogP contribution in [-0.4, -0.2) is 43.5 Å². The van der Waals surface area contributed by atoms with Gasteiger partial charge in [0.2, 0.25) is 5.96 Å². The lowest BCUT2D eigenvalue weighted by molar-refractivity contribution is 0.118. The zero-order chi connectivity index (χ0) is 21.1. The highest BCUT2D eigenvalue weighted by Crippen LogP contribution is 2.42. The van der Waals surface area contributed by atoms with E-state index in [1.807, 2.05) is 0 Å². The fourth-order valence-corrected chi connectivity index (χ4v) is 5.57. The molecule has 0 aromatic rings. The van der Waals surface area contributed by atoms with Crippen molar-refractivity contribution in [3.05, 3.63) is 0 Å². The van der Waals surface area contributed by atoms with Crippen molar-refractivity contribution < 1.29 is 0 Å². The van der Waals surface area contributed by atoms with Crippen molar-refractivity contribution in [3.63, 3.8) is 0 Å². The van der Waals surface area contributed by atoms with Crippen molar-refractivity contribution in [2.75, 3.05) is 20.6 Å². The molecule has 3 aliphatic rings. The van der Waals surface area contributed by atoms with Gasteiger partial charge >= 0.3 is 0 Å². The van der Waals surface area contributed by atoms with Crippen molar-refractivity contribution in [3.8, 4) is 0 Å². The first-order valence-electron chi connectivity index (χ1n) is 12.1. The van der Waals surface area contributed by atoms with Gasteiger partial charge in [-0.05, 0) is 43.6 Å². The molecule has 1 saturated heterocycles. The Morgan fingerprint density at radius 2 is 1.41 bits per heavy atom. The maximum absolute atomic E-state index is 7.05. The molecular formula is C23H46N6. The first-order valence-corrected chi connectivity index (χ1v) is 12.1. The summed E-state index contributed by atoms with van der Waals surface area (Å²) >= 11 is 0. The average Bonchev–Trinajstić information content (AvgIpc) is 2.74. The lowest BCUT2D eigenvalue weighted by atomic mass is 9.67. The van der Waals surface area contributed by atoms with E-state index in [1.165, 1.54) is 75.7 Å². The van der Waals surface area contributed by atoms with Crippen LogP contribution in [0, 0.1) is 23.2 Å². The number of rotatable bonds is 4. The standard InChI is InChI=1S/C19H35N.C4H11N5/c1-3-9-16(10-4-1)19(17-11-5-2-6-12-17)15-18-13-7-8-14-20-18;1-9(2)4(7)8-3(5)6/h16-20H,1-15H2;1-2H3,(H5,5,6,7,8). The number of hydrogen-bond acceptors (Lipinski definition) is 2. The van der Waals surface area contributed by atoms with Crippen molar-refractivity contribution in [1.82, 2.24) is 10.2 Å². The van der Waals surface area contributed by atoms with Crippen LogP contribution in [-0.2, 0) is 0 Å². The van der Waals surface area contributed by atoms with Crippen LogP contribution in [0.1, 0.15) is 89.9 Å². The first-order chi connectivity index (χ1) is 14.0. The molecule has 6 heteroatoms. The molecule has 0 aromatic carbocycles. The molecule has 2 saturated carbocycles. The molecule has 3 fully saturated rings. The first kappa shape index (κ1) is 24.0. The normalized spacial score (nSPS) is 23.8. The third-order valence-electron chi connectivity index (χ3n) is 7.14. The van der Waals surface area contributed by atoms with Crippen molar-refractivity contribution in [2.24, 2.45) is 34.2 Å². The van der Waals surface area contributed by atoms with Gasteiger partial charge in [0.05, 0.1) is 0 Å². The predicted molar refractivity (Wildman–Crippen MR) is 124 cm³/mol. The summed E-state index contributed by atoms with van der Waals surface area (Å²) in [4.78, 5) is 4.96. The van der Waals surface area contributed by atoms with Crippen molar-refractivity contribution in [2.45, 2.75) is 95.9 Å². The van der Waals surface area contributed by atoms with E-state index in [-0.39, 0.29) is 11.9 Å². The van der Waals surface area contributed by atoms with Crippen LogP contribution in [0.25, 0.3) is 0 Å². The lowest BCUT2D eigenvalue weighted by Crippen LogP contribution is -2.39. The third kappa shape index (κ3) is 8.93. The van der Waals surface area contributed by atoms with Crippen LogP contribution < -0.4 is 16.8 Å². The van der Waals surface area contributed by atoms with E-state index >= 15 is 0 Å². The zero-order valence-corrected chi connectivity index (χ0v) is 19.0. The lowest BCUT2D eigenvalue weighted by Gasteiger charge is -2.40. The molecule has 29 heavy (non-hydrogen) atoms. The van der Waals surface area contributed by atoms with E-state index in [0.29, 0.717) is 0 Å². The molecule has 0 aromatic heterocycles. The van der Waals surface area contributed by atoms with Crippen molar-refractivity contribution >= 4 is 11.9 Å². The number of nitrogens with one attached hydrogen (secondary N) is 2. The van der Waals surface area contributed by atoms with Gasteiger partial charge in [0, 0.05) is 20.1 Å². The Morgan fingerprint density at radius 1 is 0.897 bits per heavy atom. The summed E-state index contributed by atoms with van der Waals surface area (Å²) in [5.74, 6) is 3.18. The maximum atomic E-state index is 7.05.